The minimum Gasteiger partial charge on any atom is -0.459 e. The molecule has 0 spiro atoms. The van der Waals surface area contributed by atoms with Gasteiger partial charge in [-0.05, 0) is 72.1 Å². The van der Waals surface area contributed by atoms with E-state index in [-0.39, 0.29) is 4.90 Å². The molecule has 1 aromatic heterocycles. The highest BCUT2D eigenvalue weighted by molar-refractivity contribution is 9.10. The van der Waals surface area contributed by atoms with Crippen LogP contribution in [0, 0.1) is 20.8 Å². The molecule has 3 aromatic rings. The fraction of sp³-hybridized carbons (Fsp3) is 0.182. The zero-order valence-electron chi connectivity index (χ0n) is 17.3. The number of aryl methyl sites for hydroxylation is 3. The first-order chi connectivity index (χ1) is 14.7. The van der Waals surface area contributed by atoms with Crippen molar-refractivity contribution >= 4 is 43.8 Å². The van der Waals surface area contributed by atoms with Gasteiger partial charge in [-0.15, -0.1) is 0 Å². The van der Waals surface area contributed by atoms with Crippen LogP contribution in [-0.4, -0.2) is 27.1 Å². The summed E-state index contributed by atoms with van der Waals surface area (Å²) < 4.78 is 33.9. The highest BCUT2D eigenvalue weighted by Crippen LogP contribution is 2.25. The van der Waals surface area contributed by atoms with Gasteiger partial charge in [-0.1, -0.05) is 24.3 Å². The van der Waals surface area contributed by atoms with Gasteiger partial charge >= 0.3 is 0 Å². The van der Waals surface area contributed by atoms with E-state index in [1.165, 1.54) is 18.3 Å². The Morgan fingerprint density at radius 2 is 1.81 bits per heavy atom. The van der Waals surface area contributed by atoms with E-state index in [9.17, 15) is 13.2 Å². The maximum absolute atomic E-state index is 13.3. The SMILES string of the molecule is Cc1ccc(N(CC(=O)N/N=C\c2cc(Br)c(C)o2)S(=O)(=O)c2ccccc2)cc1C. The quantitative estimate of drug-likeness (QED) is 0.384. The molecule has 0 saturated heterocycles. The van der Waals surface area contributed by atoms with Crippen LogP contribution >= 0.6 is 15.9 Å². The van der Waals surface area contributed by atoms with Crippen LogP contribution in [0.3, 0.4) is 0 Å². The van der Waals surface area contributed by atoms with Crippen LogP contribution in [0.5, 0.6) is 0 Å². The third-order valence-electron chi connectivity index (χ3n) is 4.65. The number of anilines is 1. The third-order valence-corrected chi connectivity index (χ3v) is 7.23. The van der Waals surface area contributed by atoms with E-state index in [0.717, 1.165) is 19.9 Å². The van der Waals surface area contributed by atoms with Gasteiger partial charge < -0.3 is 4.42 Å². The molecule has 0 saturated carbocycles. The van der Waals surface area contributed by atoms with Crippen LogP contribution in [0.15, 0.2) is 73.5 Å². The summed E-state index contributed by atoms with van der Waals surface area (Å²) in [6.45, 7) is 5.18. The molecule has 0 aliphatic carbocycles. The van der Waals surface area contributed by atoms with E-state index in [4.69, 9.17) is 4.42 Å². The highest BCUT2D eigenvalue weighted by Gasteiger charge is 2.27. The number of halogens is 1. The van der Waals surface area contributed by atoms with Crippen LogP contribution < -0.4 is 9.73 Å². The molecule has 0 bridgehead atoms. The number of benzene rings is 2. The Hall–Kier alpha value is -2.91. The lowest BCUT2D eigenvalue weighted by Crippen LogP contribution is -2.39. The Kier molecular flexibility index (Phi) is 6.97. The number of hydrazone groups is 1. The van der Waals surface area contributed by atoms with Crippen molar-refractivity contribution in [2.24, 2.45) is 5.10 Å². The molecular formula is C22H22BrN3O4S. The molecule has 0 atom stereocenters. The van der Waals surface area contributed by atoms with Gasteiger partial charge in [0, 0.05) is 6.07 Å². The largest absolute Gasteiger partial charge is 0.459 e. The maximum atomic E-state index is 13.3. The van der Waals surface area contributed by atoms with E-state index >= 15 is 0 Å². The molecule has 1 N–H and O–H groups in total. The number of nitrogens with one attached hydrogen (secondary N) is 1. The second-order valence-electron chi connectivity index (χ2n) is 6.94. The average Bonchev–Trinajstić information content (AvgIpc) is 3.06. The maximum Gasteiger partial charge on any atom is 0.264 e. The predicted molar refractivity (Wildman–Crippen MR) is 124 cm³/mol. The molecule has 3 rings (SSSR count). The van der Waals surface area contributed by atoms with Gasteiger partial charge in [-0.25, -0.2) is 13.8 Å². The van der Waals surface area contributed by atoms with Crippen LogP contribution in [0.4, 0.5) is 5.69 Å². The minimum atomic E-state index is -3.96. The second-order valence-corrected chi connectivity index (χ2v) is 9.66. The molecule has 0 radical (unpaired) electrons. The van der Waals surface area contributed by atoms with E-state index < -0.39 is 22.5 Å². The van der Waals surface area contributed by atoms with E-state index in [1.54, 1.807) is 43.3 Å². The molecule has 2 aromatic carbocycles. The number of nitrogens with zero attached hydrogens (tertiary/aromatic N) is 2. The van der Waals surface area contributed by atoms with E-state index in [2.05, 4.69) is 26.5 Å². The number of sulfonamides is 1. The van der Waals surface area contributed by atoms with Crippen molar-refractivity contribution in [3.05, 3.63) is 81.7 Å². The Morgan fingerprint density at radius 1 is 1.10 bits per heavy atom. The summed E-state index contributed by atoms with van der Waals surface area (Å²) in [7, 11) is -3.96. The molecule has 0 aliphatic rings. The lowest BCUT2D eigenvalue weighted by Gasteiger charge is -2.24. The van der Waals surface area contributed by atoms with Crippen molar-refractivity contribution in [3.63, 3.8) is 0 Å². The molecule has 7 nitrogen and oxygen atoms in total. The van der Waals surface area contributed by atoms with Gasteiger partial charge in [0.1, 0.15) is 18.1 Å². The Bertz CT molecular complexity index is 1200. The fourth-order valence-corrected chi connectivity index (χ4v) is 4.53. The topological polar surface area (TPSA) is 92.0 Å². The summed E-state index contributed by atoms with van der Waals surface area (Å²) in [5.74, 6) is 0.548. The van der Waals surface area contributed by atoms with Crippen molar-refractivity contribution in [2.75, 3.05) is 10.8 Å². The van der Waals surface area contributed by atoms with Gasteiger partial charge in [0.25, 0.3) is 15.9 Å². The molecule has 1 amide bonds. The normalized spacial score (nSPS) is 11.6. The molecule has 0 aliphatic heterocycles. The molecule has 1 heterocycles. The second kappa shape index (κ2) is 9.49. The highest BCUT2D eigenvalue weighted by atomic mass is 79.9. The van der Waals surface area contributed by atoms with Crippen molar-refractivity contribution in [2.45, 2.75) is 25.7 Å². The van der Waals surface area contributed by atoms with Crippen molar-refractivity contribution in [1.82, 2.24) is 5.43 Å². The molecular weight excluding hydrogens is 482 g/mol. The predicted octanol–water partition coefficient (Wildman–Crippen LogP) is 4.31. The van der Waals surface area contributed by atoms with Crippen molar-refractivity contribution < 1.29 is 17.6 Å². The van der Waals surface area contributed by atoms with Crippen LogP contribution in [0.2, 0.25) is 0 Å². The molecule has 0 unspecified atom stereocenters. The monoisotopic (exact) mass is 503 g/mol. The number of furan rings is 1. The molecule has 0 fully saturated rings. The first-order valence-corrected chi connectivity index (χ1v) is 11.6. The number of carbonyl (C=O) groups excluding carboxylic acids is 1. The zero-order valence-corrected chi connectivity index (χ0v) is 19.7. The van der Waals surface area contributed by atoms with Gasteiger partial charge in [0.2, 0.25) is 0 Å². The summed E-state index contributed by atoms with van der Waals surface area (Å²) in [6.07, 6.45) is 1.35. The number of carbonyl (C=O) groups is 1. The summed E-state index contributed by atoms with van der Waals surface area (Å²) >= 11 is 3.33. The first kappa shape index (κ1) is 22.8. The van der Waals surface area contributed by atoms with Crippen LogP contribution in [0.25, 0.3) is 0 Å². The first-order valence-electron chi connectivity index (χ1n) is 9.41. The lowest BCUT2D eigenvalue weighted by atomic mass is 10.1. The van der Waals surface area contributed by atoms with Gasteiger partial charge in [0.05, 0.1) is 21.3 Å². The van der Waals surface area contributed by atoms with E-state index in [0.29, 0.717) is 17.2 Å². The smallest absolute Gasteiger partial charge is 0.264 e. The number of hydrogen-bond donors (Lipinski definition) is 1. The number of amides is 1. The standard InChI is InChI=1S/C22H22BrN3O4S/c1-15-9-10-18(11-16(15)2)26(31(28,29)20-7-5-4-6-8-20)14-22(27)25-24-13-19-12-21(23)17(3)30-19/h4-13H,14H2,1-3H3,(H,25,27)/b24-13-. The van der Waals surface area contributed by atoms with E-state index in [1.807, 2.05) is 19.9 Å². The van der Waals surface area contributed by atoms with Gasteiger partial charge in [0.15, 0.2) is 0 Å². The van der Waals surface area contributed by atoms with Crippen LogP contribution in [-0.2, 0) is 14.8 Å². The lowest BCUT2D eigenvalue weighted by molar-refractivity contribution is -0.119. The van der Waals surface area contributed by atoms with Crippen LogP contribution in [0.1, 0.15) is 22.6 Å². The minimum absolute atomic E-state index is 0.0976. The van der Waals surface area contributed by atoms with Crippen molar-refractivity contribution in [1.29, 1.82) is 0 Å². The van der Waals surface area contributed by atoms with Crippen molar-refractivity contribution in [3.8, 4) is 0 Å². The zero-order chi connectivity index (χ0) is 22.6. The summed E-state index contributed by atoms with van der Waals surface area (Å²) in [5, 5.41) is 3.87. The Morgan fingerprint density at radius 3 is 2.42 bits per heavy atom. The average molecular weight is 504 g/mol. The Labute approximate surface area is 189 Å². The summed E-state index contributed by atoms with van der Waals surface area (Å²) in [5.41, 5.74) is 4.70. The Balaban J connectivity index is 1.85. The third kappa shape index (κ3) is 5.42. The number of rotatable bonds is 7. The molecule has 31 heavy (non-hydrogen) atoms. The fourth-order valence-electron chi connectivity index (χ4n) is 2.79. The summed E-state index contributed by atoms with van der Waals surface area (Å²) in [6, 6.07) is 15.0. The molecule has 9 heteroatoms. The van der Waals surface area contributed by atoms with Gasteiger partial charge in [-0.3, -0.25) is 9.10 Å². The molecule has 162 valence electrons. The number of hydrogen-bond acceptors (Lipinski definition) is 5. The summed E-state index contributed by atoms with van der Waals surface area (Å²) in [4.78, 5) is 12.6. The van der Waals surface area contributed by atoms with Gasteiger partial charge in [-0.2, -0.15) is 5.10 Å².